The summed E-state index contributed by atoms with van der Waals surface area (Å²) in [5, 5.41) is 14.9. The second kappa shape index (κ2) is 8.82. The summed E-state index contributed by atoms with van der Waals surface area (Å²) in [6.45, 7) is 0.153. The summed E-state index contributed by atoms with van der Waals surface area (Å²) < 4.78 is 6.37. The zero-order chi connectivity index (χ0) is 19.1. The third-order valence-electron chi connectivity index (χ3n) is 3.80. The first-order valence-corrected chi connectivity index (χ1v) is 7.99. The highest BCUT2D eigenvalue weighted by Crippen LogP contribution is 2.15. The van der Waals surface area contributed by atoms with Gasteiger partial charge in [-0.3, -0.25) is 9.59 Å². The van der Waals surface area contributed by atoms with E-state index in [1.165, 1.54) is 31.4 Å². The molecule has 0 unspecified atom stereocenters. The number of esters is 1. The lowest BCUT2D eigenvalue weighted by Crippen LogP contribution is -2.36. The van der Waals surface area contributed by atoms with E-state index in [0.29, 0.717) is 11.3 Å². The Balaban J connectivity index is 1.79. The minimum absolute atomic E-state index is 0.153. The predicted octanol–water partition coefficient (Wildman–Crippen LogP) is 0.990. The topological polar surface area (TPSA) is 110 Å². The molecule has 2 aromatic rings. The van der Waals surface area contributed by atoms with Crippen LogP contribution in [0.3, 0.4) is 0 Å². The zero-order valence-corrected chi connectivity index (χ0v) is 14.6. The van der Waals surface area contributed by atoms with Gasteiger partial charge in [-0.2, -0.15) is 0 Å². The normalized spacial score (nSPS) is 11.5. The molecule has 3 N–H and O–H groups in total. The van der Waals surface area contributed by atoms with E-state index in [0.717, 1.165) is 5.69 Å². The molecule has 138 valence electrons. The lowest BCUT2D eigenvalue weighted by atomic mass is 10.2. The van der Waals surface area contributed by atoms with Crippen molar-refractivity contribution < 1.29 is 24.2 Å². The number of nitrogens with zero attached hydrogens (tertiary/aromatic N) is 1. The Hall–Kier alpha value is -3.13. The molecular weight excluding hydrogens is 338 g/mol. The molecule has 26 heavy (non-hydrogen) atoms. The molecule has 1 atom stereocenters. The molecule has 0 fully saturated rings. The van der Waals surface area contributed by atoms with Crippen molar-refractivity contribution in [3.63, 3.8) is 0 Å². The van der Waals surface area contributed by atoms with Crippen LogP contribution in [0.5, 0.6) is 0 Å². The SMILES string of the molecule is COC(=O)c1ccc(NC(=O)C(=O)NCC[C@H](O)c2cccn2C)cc1. The number of amides is 2. The van der Waals surface area contributed by atoms with Crippen LogP contribution < -0.4 is 10.6 Å². The van der Waals surface area contributed by atoms with Crippen LogP contribution in [0.2, 0.25) is 0 Å². The van der Waals surface area contributed by atoms with Gasteiger partial charge in [0.1, 0.15) is 0 Å². The van der Waals surface area contributed by atoms with Gasteiger partial charge in [0, 0.05) is 31.2 Å². The number of carbonyl (C=O) groups is 3. The number of hydrogen-bond donors (Lipinski definition) is 3. The zero-order valence-electron chi connectivity index (χ0n) is 14.6. The molecule has 8 heteroatoms. The van der Waals surface area contributed by atoms with E-state index < -0.39 is 23.9 Å². The Morgan fingerprint density at radius 1 is 1.15 bits per heavy atom. The molecule has 2 rings (SSSR count). The predicted molar refractivity (Wildman–Crippen MR) is 94.4 cm³/mol. The van der Waals surface area contributed by atoms with Crippen LogP contribution >= 0.6 is 0 Å². The maximum absolute atomic E-state index is 11.9. The Morgan fingerprint density at radius 3 is 2.42 bits per heavy atom. The molecule has 0 saturated heterocycles. The van der Waals surface area contributed by atoms with Crippen LogP contribution in [-0.2, 0) is 21.4 Å². The minimum atomic E-state index is -0.829. The Morgan fingerprint density at radius 2 is 1.85 bits per heavy atom. The highest BCUT2D eigenvalue weighted by molar-refractivity contribution is 6.39. The fourth-order valence-corrected chi connectivity index (χ4v) is 2.37. The highest BCUT2D eigenvalue weighted by atomic mass is 16.5. The number of benzene rings is 1. The first-order chi connectivity index (χ1) is 12.4. The average molecular weight is 359 g/mol. The van der Waals surface area contributed by atoms with Crippen LogP contribution in [0, 0.1) is 0 Å². The second-order valence-corrected chi connectivity index (χ2v) is 5.63. The fraction of sp³-hybridized carbons (Fsp3) is 0.278. The Labute approximate surface area is 150 Å². The first-order valence-electron chi connectivity index (χ1n) is 7.99. The van der Waals surface area contributed by atoms with Crippen LogP contribution in [0.25, 0.3) is 0 Å². The molecule has 8 nitrogen and oxygen atoms in total. The van der Waals surface area contributed by atoms with Crippen LogP contribution in [0.1, 0.15) is 28.6 Å². The third-order valence-corrected chi connectivity index (χ3v) is 3.80. The number of carbonyl (C=O) groups excluding carboxylic acids is 3. The lowest BCUT2D eigenvalue weighted by Gasteiger charge is -2.12. The monoisotopic (exact) mass is 359 g/mol. The Kier molecular flexibility index (Phi) is 6.51. The minimum Gasteiger partial charge on any atom is -0.465 e. The lowest BCUT2D eigenvalue weighted by molar-refractivity contribution is -0.136. The van der Waals surface area contributed by atoms with Gasteiger partial charge in [0.15, 0.2) is 0 Å². The molecule has 1 aromatic carbocycles. The first kappa shape index (κ1) is 19.2. The van der Waals surface area contributed by atoms with Crippen molar-refractivity contribution >= 4 is 23.5 Å². The third kappa shape index (κ3) is 4.93. The summed E-state index contributed by atoms with van der Waals surface area (Å²) in [6, 6.07) is 9.56. The number of aromatic nitrogens is 1. The maximum atomic E-state index is 11.9. The van der Waals surface area contributed by atoms with Crippen LogP contribution in [0.15, 0.2) is 42.6 Å². The van der Waals surface area contributed by atoms with E-state index in [1.807, 2.05) is 19.3 Å². The number of ether oxygens (including phenoxy) is 1. The van der Waals surface area contributed by atoms with Crippen molar-refractivity contribution in [2.24, 2.45) is 7.05 Å². The molecule has 0 saturated carbocycles. The molecule has 0 spiro atoms. The van der Waals surface area contributed by atoms with Crippen molar-refractivity contribution in [3.05, 3.63) is 53.9 Å². The van der Waals surface area contributed by atoms with Gasteiger partial charge in [-0.15, -0.1) is 0 Å². The van der Waals surface area contributed by atoms with Gasteiger partial charge < -0.3 is 25.0 Å². The van der Waals surface area contributed by atoms with Gasteiger partial charge in [-0.25, -0.2) is 4.79 Å². The molecule has 0 aliphatic heterocycles. The summed E-state index contributed by atoms with van der Waals surface area (Å²) >= 11 is 0. The summed E-state index contributed by atoms with van der Waals surface area (Å²) in [5.74, 6) is -2.12. The van der Waals surface area contributed by atoms with Crippen LogP contribution in [0.4, 0.5) is 5.69 Å². The highest BCUT2D eigenvalue weighted by Gasteiger charge is 2.15. The van der Waals surface area contributed by atoms with Gasteiger partial charge in [0.2, 0.25) is 0 Å². The molecular formula is C18H21N3O5. The van der Waals surface area contributed by atoms with E-state index in [-0.39, 0.29) is 13.0 Å². The summed E-state index contributed by atoms with van der Waals surface area (Å²) in [6.07, 6.45) is 1.37. The second-order valence-electron chi connectivity index (χ2n) is 5.63. The van der Waals surface area contributed by atoms with Crippen molar-refractivity contribution in [3.8, 4) is 0 Å². The molecule has 1 heterocycles. The number of rotatable bonds is 6. The number of anilines is 1. The smallest absolute Gasteiger partial charge is 0.337 e. The van der Waals surface area contributed by atoms with Crippen LogP contribution in [-0.4, -0.2) is 41.1 Å². The molecule has 0 bridgehead atoms. The van der Waals surface area contributed by atoms with Gasteiger partial charge >= 0.3 is 17.8 Å². The maximum Gasteiger partial charge on any atom is 0.337 e. The van der Waals surface area contributed by atoms with Gasteiger partial charge in [-0.1, -0.05) is 0 Å². The number of hydrogen-bond acceptors (Lipinski definition) is 5. The molecule has 2 amide bonds. The molecule has 0 aliphatic carbocycles. The molecule has 0 aliphatic rings. The Bertz CT molecular complexity index is 782. The van der Waals surface area contributed by atoms with Gasteiger partial charge in [0.25, 0.3) is 0 Å². The largest absolute Gasteiger partial charge is 0.465 e. The molecule has 1 aromatic heterocycles. The number of methoxy groups -OCH3 is 1. The van der Waals surface area contributed by atoms with E-state index in [2.05, 4.69) is 15.4 Å². The number of nitrogens with one attached hydrogen (secondary N) is 2. The van der Waals surface area contributed by atoms with Crippen molar-refractivity contribution in [1.82, 2.24) is 9.88 Å². The van der Waals surface area contributed by atoms with Gasteiger partial charge in [-0.05, 0) is 42.8 Å². The number of aliphatic hydroxyl groups is 1. The van der Waals surface area contributed by atoms with Crippen molar-refractivity contribution in [2.45, 2.75) is 12.5 Å². The van der Waals surface area contributed by atoms with Crippen molar-refractivity contribution in [2.75, 3.05) is 19.0 Å². The van der Waals surface area contributed by atoms with E-state index >= 15 is 0 Å². The quantitative estimate of drug-likeness (QED) is 0.526. The number of aliphatic hydroxyl groups excluding tert-OH is 1. The fourth-order valence-electron chi connectivity index (χ4n) is 2.37. The molecule has 0 radical (unpaired) electrons. The van der Waals surface area contributed by atoms with E-state index in [1.54, 1.807) is 10.6 Å². The van der Waals surface area contributed by atoms with Crippen molar-refractivity contribution in [1.29, 1.82) is 0 Å². The van der Waals surface area contributed by atoms with E-state index in [4.69, 9.17) is 0 Å². The summed E-state index contributed by atoms with van der Waals surface area (Å²) in [7, 11) is 3.09. The average Bonchev–Trinajstić information content (AvgIpc) is 3.07. The number of aryl methyl sites for hydroxylation is 1. The summed E-state index contributed by atoms with van der Waals surface area (Å²) in [4.78, 5) is 35.0. The summed E-state index contributed by atoms with van der Waals surface area (Å²) in [5.41, 5.74) is 1.45. The van der Waals surface area contributed by atoms with E-state index in [9.17, 15) is 19.5 Å². The van der Waals surface area contributed by atoms with Gasteiger partial charge in [0.05, 0.1) is 18.8 Å². The standard InChI is InChI=1S/C18H21N3O5/c1-21-11-3-4-14(21)15(22)9-10-19-16(23)17(24)20-13-7-5-12(6-8-13)18(25)26-2/h3-8,11,15,22H,9-10H2,1-2H3,(H,19,23)(H,20,24)/t15-/m0/s1.